The summed E-state index contributed by atoms with van der Waals surface area (Å²) >= 11 is 5.38. The van der Waals surface area contributed by atoms with Gasteiger partial charge in [0, 0.05) is 22.0 Å². The summed E-state index contributed by atoms with van der Waals surface area (Å²) in [4.78, 5) is 1.37. The van der Waals surface area contributed by atoms with Crippen LogP contribution in [0.1, 0.15) is 43.5 Å². The minimum Gasteiger partial charge on any atom is -0.396 e. The molecule has 2 nitrogen and oxygen atoms in total. The molecule has 18 heavy (non-hydrogen) atoms. The second kappa shape index (κ2) is 7.04. The monoisotopic (exact) mass is 331 g/mol. The maximum absolute atomic E-state index is 9.42. The van der Waals surface area contributed by atoms with Gasteiger partial charge in [-0.05, 0) is 65.5 Å². The van der Waals surface area contributed by atoms with Crippen LogP contribution in [0.2, 0.25) is 0 Å². The quantitative estimate of drug-likeness (QED) is 0.855. The van der Waals surface area contributed by atoms with Crippen molar-refractivity contribution in [3.05, 3.63) is 20.8 Å². The first-order valence-corrected chi connectivity index (χ1v) is 8.46. The van der Waals surface area contributed by atoms with Crippen molar-refractivity contribution in [1.29, 1.82) is 0 Å². The number of aliphatic hydroxyl groups excluding tert-OH is 1. The summed E-state index contributed by atoms with van der Waals surface area (Å²) in [6.07, 6.45) is 5.06. The van der Waals surface area contributed by atoms with Gasteiger partial charge < -0.3 is 10.4 Å². The van der Waals surface area contributed by atoms with E-state index in [1.807, 2.05) is 0 Å². The van der Waals surface area contributed by atoms with Crippen molar-refractivity contribution in [3.63, 3.8) is 0 Å². The summed E-state index contributed by atoms with van der Waals surface area (Å²) in [5.41, 5.74) is 0. The van der Waals surface area contributed by atoms with E-state index < -0.39 is 0 Å². The minimum absolute atomic E-state index is 0.351. The molecule has 2 rings (SSSR count). The van der Waals surface area contributed by atoms with Gasteiger partial charge in [0.2, 0.25) is 0 Å². The number of thiophene rings is 1. The van der Waals surface area contributed by atoms with Crippen molar-refractivity contribution in [2.45, 2.75) is 38.6 Å². The van der Waals surface area contributed by atoms with E-state index in [1.165, 1.54) is 35.0 Å². The van der Waals surface area contributed by atoms with Crippen LogP contribution in [0.3, 0.4) is 0 Å². The smallest absolute Gasteiger partial charge is 0.0462 e. The second-order valence-corrected chi connectivity index (χ2v) is 7.05. The maximum atomic E-state index is 9.42. The van der Waals surface area contributed by atoms with Gasteiger partial charge in [-0.3, -0.25) is 0 Å². The van der Waals surface area contributed by atoms with Crippen molar-refractivity contribution in [3.8, 4) is 0 Å². The highest BCUT2D eigenvalue weighted by Crippen LogP contribution is 2.31. The zero-order valence-corrected chi connectivity index (χ0v) is 13.3. The van der Waals surface area contributed by atoms with Gasteiger partial charge in [-0.1, -0.05) is 12.8 Å². The summed E-state index contributed by atoms with van der Waals surface area (Å²) in [6, 6.07) is 2.50. The van der Waals surface area contributed by atoms with Crippen molar-refractivity contribution in [2.24, 2.45) is 11.8 Å². The Kier molecular flexibility index (Phi) is 5.67. The van der Waals surface area contributed by atoms with Gasteiger partial charge in [0.25, 0.3) is 0 Å². The molecule has 102 valence electrons. The van der Waals surface area contributed by atoms with E-state index >= 15 is 0 Å². The van der Waals surface area contributed by atoms with E-state index in [2.05, 4.69) is 39.6 Å². The lowest BCUT2D eigenvalue weighted by Gasteiger charge is -2.31. The minimum atomic E-state index is 0.351. The predicted octanol–water partition coefficient (Wildman–Crippen LogP) is 3.96. The maximum Gasteiger partial charge on any atom is 0.0462 e. The number of halogens is 1. The summed E-state index contributed by atoms with van der Waals surface area (Å²) in [7, 11) is 0. The zero-order chi connectivity index (χ0) is 13.0. The molecule has 1 fully saturated rings. The Morgan fingerprint density at radius 1 is 1.44 bits per heavy atom. The molecular formula is C14H22BrNOS. The van der Waals surface area contributed by atoms with Gasteiger partial charge in [0.05, 0.1) is 0 Å². The van der Waals surface area contributed by atoms with E-state index in [4.69, 9.17) is 0 Å². The Morgan fingerprint density at radius 2 is 2.17 bits per heavy atom. The highest BCUT2D eigenvalue weighted by atomic mass is 79.9. The lowest BCUT2D eigenvalue weighted by Crippen LogP contribution is -2.33. The van der Waals surface area contributed by atoms with Gasteiger partial charge in [-0.15, -0.1) is 11.3 Å². The van der Waals surface area contributed by atoms with E-state index in [0.29, 0.717) is 24.5 Å². The first-order chi connectivity index (χ1) is 8.72. The normalized spacial score (nSPS) is 26.2. The van der Waals surface area contributed by atoms with Gasteiger partial charge in [0.1, 0.15) is 0 Å². The Morgan fingerprint density at radius 3 is 2.78 bits per heavy atom. The molecule has 0 aromatic carbocycles. The first-order valence-electron chi connectivity index (χ1n) is 6.79. The van der Waals surface area contributed by atoms with Crippen LogP contribution in [0.5, 0.6) is 0 Å². The predicted molar refractivity (Wildman–Crippen MR) is 81.0 cm³/mol. The second-order valence-electron chi connectivity index (χ2n) is 5.25. The number of aliphatic hydroxyl groups is 1. The molecule has 1 aliphatic rings. The molecule has 1 saturated carbocycles. The number of nitrogens with one attached hydrogen (secondary N) is 1. The lowest BCUT2D eigenvalue weighted by molar-refractivity contribution is 0.131. The molecule has 0 aliphatic heterocycles. The summed E-state index contributed by atoms with van der Waals surface area (Å²) in [5, 5.41) is 15.2. The molecule has 0 amide bonds. The van der Waals surface area contributed by atoms with Crippen molar-refractivity contribution < 1.29 is 5.11 Å². The third kappa shape index (κ3) is 3.56. The van der Waals surface area contributed by atoms with Gasteiger partial charge in [-0.2, -0.15) is 0 Å². The molecule has 0 saturated heterocycles. The van der Waals surface area contributed by atoms with Crippen LogP contribution in [0.15, 0.2) is 15.9 Å². The average Bonchev–Trinajstić information content (AvgIpc) is 2.82. The standard InChI is InChI=1S/C14H22BrNOS/c1-10(14-13(15)6-7-18-14)16-8-11-4-2-3-5-12(11)9-17/h6-7,10-12,16-17H,2-5,8-9H2,1H3. The molecule has 1 aromatic rings. The molecule has 0 spiro atoms. The molecule has 1 heterocycles. The van der Waals surface area contributed by atoms with Crippen LogP contribution >= 0.6 is 27.3 Å². The van der Waals surface area contributed by atoms with Crippen LogP contribution in [0.25, 0.3) is 0 Å². The lowest BCUT2D eigenvalue weighted by atomic mass is 9.79. The Labute approximate surface area is 122 Å². The van der Waals surface area contributed by atoms with Gasteiger partial charge in [-0.25, -0.2) is 0 Å². The van der Waals surface area contributed by atoms with Crippen molar-refractivity contribution in [2.75, 3.05) is 13.2 Å². The van der Waals surface area contributed by atoms with Crippen LogP contribution in [-0.2, 0) is 0 Å². The fraction of sp³-hybridized carbons (Fsp3) is 0.714. The molecular weight excluding hydrogens is 310 g/mol. The van der Waals surface area contributed by atoms with Crippen LogP contribution in [0.4, 0.5) is 0 Å². The highest BCUT2D eigenvalue weighted by molar-refractivity contribution is 9.10. The SMILES string of the molecule is CC(NCC1CCCCC1CO)c1sccc1Br. The number of rotatable bonds is 5. The Hall–Kier alpha value is 0.100. The fourth-order valence-electron chi connectivity index (χ4n) is 2.83. The van der Waals surface area contributed by atoms with E-state index in [-0.39, 0.29) is 0 Å². The molecule has 1 aliphatic carbocycles. The van der Waals surface area contributed by atoms with Gasteiger partial charge in [0.15, 0.2) is 0 Å². The van der Waals surface area contributed by atoms with Crippen LogP contribution in [0, 0.1) is 11.8 Å². The molecule has 0 bridgehead atoms. The molecule has 1 aromatic heterocycles. The fourth-order valence-corrected chi connectivity index (χ4v) is 4.58. The number of hydrogen-bond donors (Lipinski definition) is 2. The number of hydrogen-bond acceptors (Lipinski definition) is 3. The molecule has 3 atom stereocenters. The first kappa shape index (κ1) is 14.5. The van der Waals surface area contributed by atoms with E-state index in [1.54, 1.807) is 11.3 Å². The average molecular weight is 332 g/mol. The van der Waals surface area contributed by atoms with Crippen molar-refractivity contribution in [1.82, 2.24) is 5.32 Å². The van der Waals surface area contributed by atoms with Crippen LogP contribution < -0.4 is 5.32 Å². The van der Waals surface area contributed by atoms with Crippen molar-refractivity contribution >= 4 is 27.3 Å². The highest BCUT2D eigenvalue weighted by Gasteiger charge is 2.24. The summed E-state index contributed by atoms with van der Waals surface area (Å²) in [5.74, 6) is 1.15. The van der Waals surface area contributed by atoms with Gasteiger partial charge >= 0.3 is 0 Å². The molecule has 4 heteroatoms. The summed E-state index contributed by atoms with van der Waals surface area (Å²) < 4.78 is 1.20. The third-order valence-corrected chi connectivity index (χ3v) is 6.08. The molecule has 0 radical (unpaired) electrons. The topological polar surface area (TPSA) is 32.3 Å². The Bertz CT molecular complexity index is 368. The molecule has 3 unspecified atom stereocenters. The zero-order valence-electron chi connectivity index (χ0n) is 10.9. The van der Waals surface area contributed by atoms with Crippen LogP contribution in [-0.4, -0.2) is 18.3 Å². The molecule has 2 N–H and O–H groups in total. The third-order valence-electron chi connectivity index (χ3n) is 4.03. The Balaban J connectivity index is 1.85. The summed E-state index contributed by atoms with van der Waals surface area (Å²) in [6.45, 7) is 3.59. The largest absolute Gasteiger partial charge is 0.396 e. The van der Waals surface area contributed by atoms with E-state index in [0.717, 1.165) is 6.54 Å². The van der Waals surface area contributed by atoms with E-state index in [9.17, 15) is 5.11 Å².